The van der Waals surface area contributed by atoms with Gasteiger partial charge in [0.15, 0.2) is 0 Å². The fraction of sp³-hybridized carbons (Fsp3) is 0.786. The molecule has 3 heteroatoms. The van der Waals surface area contributed by atoms with Crippen molar-refractivity contribution in [3.63, 3.8) is 0 Å². The molecule has 1 atom stereocenters. The van der Waals surface area contributed by atoms with E-state index in [9.17, 15) is 4.79 Å². The molecule has 0 aromatic rings. The summed E-state index contributed by atoms with van der Waals surface area (Å²) in [5.74, 6) is -0.330. The van der Waals surface area contributed by atoms with Crippen molar-refractivity contribution in [3.05, 3.63) is 12.7 Å². The molecule has 0 radical (unpaired) electrons. The van der Waals surface area contributed by atoms with Crippen molar-refractivity contribution in [2.75, 3.05) is 6.61 Å². The number of carbonyl (C=O) groups is 1. The van der Waals surface area contributed by atoms with Gasteiger partial charge in [-0.3, -0.25) is 0 Å². The number of hydrogen-bond donors (Lipinski definition) is 1. The number of carbonyl (C=O) groups excluding carboxylic acids is 1. The minimum atomic E-state index is -0.330. The minimum absolute atomic E-state index is 0.158. The summed E-state index contributed by atoms with van der Waals surface area (Å²) in [6.45, 7) is 5.68. The normalized spacial score (nSPS) is 12.1. The van der Waals surface area contributed by atoms with E-state index < -0.39 is 0 Å². The number of rotatable bonds is 11. The molecule has 0 heterocycles. The average Bonchev–Trinajstić information content (AvgIpc) is 2.30. The van der Waals surface area contributed by atoms with E-state index in [4.69, 9.17) is 9.84 Å². The number of aliphatic hydroxyl groups is 1. The maximum absolute atomic E-state index is 10.7. The van der Waals surface area contributed by atoms with Crippen molar-refractivity contribution in [2.45, 2.75) is 64.4 Å². The highest BCUT2D eigenvalue weighted by Gasteiger charge is 1.97. The van der Waals surface area contributed by atoms with Gasteiger partial charge < -0.3 is 9.84 Å². The first kappa shape index (κ1) is 16.2. The third kappa shape index (κ3) is 13.1. The van der Waals surface area contributed by atoms with Gasteiger partial charge in [-0.1, -0.05) is 45.1 Å². The van der Waals surface area contributed by atoms with Crippen molar-refractivity contribution in [1.29, 1.82) is 0 Å². The first-order chi connectivity index (χ1) is 8.16. The average molecular weight is 242 g/mol. The molecule has 0 rings (SSSR count). The van der Waals surface area contributed by atoms with Crippen LogP contribution >= 0.6 is 0 Å². The molecule has 1 N–H and O–H groups in total. The van der Waals surface area contributed by atoms with Crippen LogP contribution in [0, 0.1) is 0 Å². The third-order valence-corrected chi connectivity index (χ3v) is 2.68. The van der Waals surface area contributed by atoms with Crippen LogP contribution in [-0.2, 0) is 9.53 Å². The molecule has 100 valence electrons. The highest BCUT2D eigenvalue weighted by Crippen LogP contribution is 2.09. The summed E-state index contributed by atoms with van der Waals surface area (Å²) < 4.78 is 4.88. The molecule has 0 aliphatic carbocycles. The molecule has 17 heavy (non-hydrogen) atoms. The molecule has 0 bridgehead atoms. The molecule has 0 aliphatic heterocycles. The van der Waals surface area contributed by atoms with Crippen LogP contribution in [0.2, 0.25) is 0 Å². The smallest absolute Gasteiger partial charge is 0.330 e. The van der Waals surface area contributed by atoms with Crippen LogP contribution in [-0.4, -0.2) is 23.8 Å². The molecule has 0 saturated carbocycles. The molecule has 0 amide bonds. The Morgan fingerprint density at radius 3 is 2.24 bits per heavy atom. The summed E-state index contributed by atoms with van der Waals surface area (Å²) >= 11 is 0. The quantitative estimate of drug-likeness (QED) is 0.344. The Labute approximate surface area is 105 Å². The monoisotopic (exact) mass is 242 g/mol. The summed E-state index contributed by atoms with van der Waals surface area (Å²) in [5.41, 5.74) is 0. The predicted octanol–water partition coefficient (Wildman–Crippen LogP) is 3.22. The second-order valence-corrected chi connectivity index (χ2v) is 4.48. The van der Waals surface area contributed by atoms with E-state index in [1.165, 1.54) is 31.8 Å². The maximum atomic E-state index is 10.7. The Kier molecular flexibility index (Phi) is 11.1. The second-order valence-electron chi connectivity index (χ2n) is 4.48. The van der Waals surface area contributed by atoms with Crippen LogP contribution in [0.15, 0.2) is 12.7 Å². The van der Waals surface area contributed by atoms with Crippen molar-refractivity contribution < 1.29 is 14.6 Å². The molecule has 3 nitrogen and oxygen atoms in total. The zero-order valence-electron chi connectivity index (χ0n) is 11.0. The predicted molar refractivity (Wildman–Crippen MR) is 69.8 cm³/mol. The van der Waals surface area contributed by atoms with Gasteiger partial charge in [-0.2, -0.15) is 0 Å². The summed E-state index contributed by atoms with van der Waals surface area (Å²) in [7, 11) is 0. The van der Waals surface area contributed by atoms with E-state index in [1.54, 1.807) is 0 Å². The Hall–Kier alpha value is -0.830. The van der Waals surface area contributed by atoms with Crippen LogP contribution in [0.25, 0.3) is 0 Å². The van der Waals surface area contributed by atoms with Gasteiger partial charge in [-0.25, -0.2) is 4.79 Å². The lowest BCUT2D eigenvalue weighted by atomic mass is 10.1. The zero-order valence-corrected chi connectivity index (χ0v) is 11.0. The Bertz CT molecular complexity index is 200. The molecule has 0 aliphatic rings. The summed E-state index contributed by atoms with van der Waals surface area (Å²) in [5, 5.41) is 9.07. The van der Waals surface area contributed by atoms with Crippen LogP contribution in [0.5, 0.6) is 0 Å². The molecular formula is C14H26O3. The number of ether oxygens (including phenoxy) is 1. The lowest BCUT2D eigenvalue weighted by molar-refractivity contribution is -0.137. The first-order valence-electron chi connectivity index (χ1n) is 6.64. The molecule has 1 unspecified atom stereocenters. The number of hydrogen-bond acceptors (Lipinski definition) is 3. The lowest BCUT2D eigenvalue weighted by Crippen LogP contribution is -2.01. The standard InChI is InChI=1S/C14H26O3/c1-3-14(16)17-12-10-8-6-4-5-7-9-11-13(2)15/h3,13,15H,1,4-12H2,2H3. The highest BCUT2D eigenvalue weighted by molar-refractivity contribution is 5.81. The lowest BCUT2D eigenvalue weighted by Gasteiger charge is -2.04. The van der Waals surface area contributed by atoms with Gasteiger partial charge in [0.25, 0.3) is 0 Å². The van der Waals surface area contributed by atoms with Gasteiger partial charge in [0.05, 0.1) is 12.7 Å². The Morgan fingerprint density at radius 2 is 1.71 bits per heavy atom. The Morgan fingerprint density at radius 1 is 1.18 bits per heavy atom. The van der Waals surface area contributed by atoms with E-state index in [0.29, 0.717) is 6.61 Å². The largest absolute Gasteiger partial charge is 0.463 e. The van der Waals surface area contributed by atoms with E-state index in [2.05, 4.69) is 6.58 Å². The van der Waals surface area contributed by atoms with Crippen molar-refractivity contribution in [3.8, 4) is 0 Å². The summed E-state index contributed by atoms with van der Waals surface area (Å²) in [6.07, 6.45) is 9.99. The molecular weight excluding hydrogens is 216 g/mol. The van der Waals surface area contributed by atoms with E-state index in [-0.39, 0.29) is 12.1 Å². The maximum Gasteiger partial charge on any atom is 0.330 e. The molecule has 0 fully saturated rings. The van der Waals surface area contributed by atoms with Gasteiger partial charge in [-0.05, 0) is 19.8 Å². The van der Waals surface area contributed by atoms with Crippen molar-refractivity contribution in [1.82, 2.24) is 0 Å². The van der Waals surface area contributed by atoms with Gasteiger partial charge in [0.2, 0.25) is 0 Å². The summed E-state index contributed by atoms with van der Waals surface area (Å²) in [6, 6.07) is 0. The molecule has 0 aromatic carbocycles. The molecule has 0 aromatic heterocycles. The highest BCUT2D eigenvalue weighted by atomic mass is 16.5. The van der Waals surface area contributed by atoms with Gasteiger partial charge in [0, 0.05) is 6.08 Å². The Balaban J connectivity index is 3.03. The first-order valence-corrected chi connectivity index (χ1v) is 6.64. The van der Waals surface area contributed by atoms with Crippen LogP contribution in [0.1, 0.15) is 58.3 Å². The third-order valence-electron chi connectivity index (χ3n) is 2.68. The number of aliphatic hydroxyl groups excluding tert-OH is 1. The number of esters is 1. The van der Waals surface area contributed by atoms with E-state index in [0.717, 1.165) is 25.7 Å². The van der Waals surface area contributed by atoms with E-state index >= 15 is 0 Å². The van der Waals surface area contributed by atoms with Crippen LogP contribution in [0.4, 0.5) is 0 Å². The van der Waals surface area contributed by atoms with Crippen LogP contribution < -0.4 is 0 Å². The fourth-order valence-corrected chi connectivity index (χ4v) is 1.66. The molecule has 0 saturated heterocycles. The zero-order chi connectivity index (χ0) is 12.9. The minimum Gasteiger partial charge on any atom is -0.463 e. The SMILES string of the molecule is C=CC(=O)OCCCCCCCCCC(C)O. The van der Waals surface area contributed by atoms with E-state index in [1.807, 2.05) is 6.92 Å². The number of unbranched alkanes of at least 4 members (excludes halogenated alkanes) is 6. The van der Waals surface area contributed by atoms with Crippen LogP contribution in [0.3, 0.4) is 0 Å². The van der Waals surface area contributed by atoms with Crippen molar-refractivity contribution in [2.24, 2.45) is 0 Å². The topological polar surface area (TPSA) is 46.5 Å². The van der Waals surface area contributed by atoms with Gasteiger partial charge >= 0.3 is 5.97 Å². The molecule has 0 spiro atoms. The fourth-order valence-electron chi connectivity index (χ4n) is 1.66. The van der Waals surface area contributed by atoms with Gasteiger partial charge in [-0.15, -0.1) is 0 Å². The van der Waals surface area contributed by atoms with Crippen molar-refractivity contribution >= 4 is 5.97 Å². The van der Waals surface area contributed by atoms with Gasteiger partial charge in [0.1, 0.15) is 0 Å². The second kappa shape index (κ2) is 11.6. The summed E-state index contributed by atoms with van der Waals surface area (Å²) in [4.78, 5) is 10.7.